The average molecular weight is 442 g/mol. The zero-order chi connectivity index (χ0) is 22.0. The highest BCUT2D eigenvalue weighted by atomic mass is 35.5. The Labute approximate surface area is 184 Å². The quantitative estimate of drug-likeness (QED) is 0.624. The summed E-state index contributed by atoms with van der Waals surface area (Å²) in [6.07, 6.45) is 1.93. The molecule has 3 aromatic rings. The van der Waals surface area contributed by atoms with Crippen molar-refractivity contribution < 1.29 is 18.7 Å². The highest BCUT2D eigenvalue weighted by molar-refractivity contribution is 6.39. The lowest BCUT2D eigenvalue weighted by molar-refractivity contribution is -0.145. The molecule has 31 heavy (non-hydrogen) atoms. The Morgan fingerprint density at radius 2 is 1.97 bits per heavy atom. The Kier molecular flexibility index (Phi) is 6.15. The van der Waals surface area contributed by atoms with Crippen LogP contribution in [-0.2, 0) is 14.3 Å². The van der Waals surface area contributed by atoms with Crippen LogP contribution in [0.5, 0.6) is 0 Å². The number of fused-ring (bicyclic) bond motifs is 1. The third kappa shape index (κ3) is 4.52. The smallest absolute Gasteiger partial charge is 0.313 e. The topological polar surface area (TPSA) is 71.5 Å². The molecule has 6 nitrogen and oxygen atoms in total. The fourth-order valence-electron chi connectivity index (χ4n) is 4.02. The molecule has 2 heterocycles. The summed E-state index contributed by atoms with van der Waals surface area (Å²) in [6, 6.07) is 12.9. The molecule has 2 amide bonds. The molecular formula is C23H21ClFN3O3. The molecular weight excluding hydrogens is 421 g/mol. The summed E-state index contributed by atoms with van der Waals surface area (Å²) in [7, 11) is 1.57. The number of methoxy groups -OCH3 is 1. The van der Waals surface area contributed by atoms with Crippen LogP contribution >= 0.6 is 11.6 Å². The molecule has 0 radical (unpaired) electrons. The number of carbonyl (C=O) groups is 2. The third-order valence-electron chi connectivity index (χ3n) is 5.58. The number of carbonyl (C=O) groups excluding carboxylic acids is 2. The number of likely N-dealkylation sites (tertiary alicyclic amines) is 1. The largest absolute Gasteiger partial charge is 0.379 e. The number of rotatable bonds is 3. The number of hydrogen-bond donors (Lipinski definition) is 1. The van der Waals surface area contributed by atoms with Gasteiger partial charge in [-0.1, -0.05) is 11.6 Å². The molecule has 2 aromatic carbocycles. The van der Waals surface area contributed by atoms with Gasteiger partial charge in [-0.15, -0.1) is 0 Å². The number of anilines is 1. The van der Waals surface area contributed by atoms with Crippen LogP contribution in [0.15, 0.2) is 54.7 Å². The van der Waals surface area contributed by atoms with E-state index in [0.717, 1.165) is 10.9 Å². The molecule has 0 aliphatic carbocycles. The van der Waals surface area contributed by atoms with Crippen molar-refractivity contribution in [3.63, 3.8) is 0 Å². The first kappa shape index (κ1) is 21.2. The summed E-state index contributed by atoms with van der Waals surface area (Å²) >= 11 is 5.85. The van der Waals surface area contributed by atoms with E-state index in [9.17, 15) is 14.0 Å². The van der Waals surface area contributed by atoms with Gasteiger partial charge in [0.1, 0.15) is 5.82 Å². The molecule has 1 fully saturated rings. The maximum Gasteiger partial charge on any atom is 0.313 e. The Morgan fingerprint density at radius 3 is 2.71 bits per heavy atom. The molecule has 1 aliphatic rings. The van der Waals surface area contributed by atoms with Crippen molar-refractivity contribution in [3.8, 4) is 0 Å². The van der Waals surface area contributed by atoms with Gasteiger partial charge in [0.2, 0.25) is 0 Å². The number of benzene rings is 2. The van der Waals surface area contributed by atoms with Gasteiger partial charge in [-0.25, -0.2) is 4.39 Å². The van der Waals surface area contributed by atoms with Gasteiger partial charge in [0, 0.05) is 48.4 Å². The third-order valence-corrected chi connectivity index (χ3v) is 5.83. The van der Waals surface area contributed by atoms with Crippen molar-refractivity contribution in [1.29, 1.82) is 0 Å². The Morgan fingerprint density at radius 1 is 1.19 bits per heavy atom. The Hall–Kier alpha value is -3.03. The molecule has 0 unspecified atom stereocenters. The number of amides is 2. The molecule has 1 aliphatic heterocycles. The lowest BCUT2D eigenvalue weighted by Crippen LogP contribution is -2.49. The second-order valence-electron chi connectivity index (χ2n) is 7.44. The van der Waals surface area contributed by atoms with E-state index in [1.165, 1.54) is 17.0 Å². The van der Waals surface area contributed by atoms with Crippen LogP contribution in [0.3, 0.4) is 0 Å². The molecule has 8 heteroatoms. The van der Waals surface area contributed by atoms with Gasteiger partial charge >= 0.3 is 11.8 Å². The summed E-state index contributed by atoms with van der Waals surface area (Å²) in [5, 5.41) is 3.86. The summed E-state index contributed by atoms with van der Waals surface area (Å²) in [5.41, 5.74) is 2.12. The zero-order valence-corrected chi connectivity index (χ0v) is 17.6. The van der Waals surface area contributed by atoms with Crippen LogP contribution in [-0.4, -0.2) is 48.0 Å². The predicted octanol–water partition coefficient (Wildman–Crippen LogP) is 4.00. The van der Waals surface area contributed by atoms with Crippen LogP contribution < -0.4 is 5.32 Å². The van der Waals surface area contributed by atoms with Crippen molar-refractivity contribution in [1.82, 2.24) is 9.88 Å². The molecule has 160 valence electrons. The van der Waals surface area contributed by atoms with Crippen molar-refractivity contribution >= 4 is 40.0 Å². The minimum Gasteiger partial charge on any atom is -0.379 e. The van der Waals surface area contributed by atoms with Gasteiger partial charge in [0.25, 0.3) is 0 Å². The minimum absolute atomic E-state index is 0.0549. The van der Waals surface area contributed by atoms with Gasteiger partial charge in [0.05, 0.1) is 11.6 Å². The van der Waals surface area contributed by atoms with E-state index in [4.69, 9.17) is 16.3 Å². The first-order valence-corrected chi connectivity index (χ1v) is 10.3. The maximum atomic E-state index is 13.9. The lowest BCUT2D eigenvalue weighted by Gasteiger charge is -2.38. The van der Waals surface area contributed by atoms with E-state index in [1.807, 2.05) is 6.07 Å². The van der Waals surface area contributed by atoms with E-state index >= 15 is 0 Å². The highest BCUT2D eigenvalue weighted by Crippen LogP contribution is 2.34. The molecule has 0 saturated carbocycles. The molecule has 0 bridgehead atoms. The first-order valence-electron chi connectivity index (χ1n) is 9.89. The van der Waals surface area contributed by atoms with Crippen molar-refractivity contribution in [2.45, 2.75) is 18.4 Å². The lowest BCUT2D eigenvalue weighted by atomic mass is 9.85. The van der Waals surface area contributed by atoms with E-state index in [0.29, 0.717) is 29.2 Å². The number of ether oxygens (including phenoxy) is 1. The number of aromatic nitrogens is 1. The summed E-state index contributed by atoms with van der Waals surface area (Å²) < 4.78 is 19.5. The Balaban J connectivity index is 1.50. The summed E-state index contributed by atoms with van der Waals surface area (Å²) in [4.78, 5) is 30.9. The molecule has 0 spiro atoms. The monoisotopic (exact) mass is 441 g/mol. The van der Waals surface area contributed by atoms with E-state index < -0.39 is 11.8 Å². The van der Waals surface area contributed by atoms with Gasteiger partial charge in [-0.05, 0) is 60.5 Å². The second-order valence-corrected chi connectivity index (χ2v) is 7.88. The molecule has 4 rings (SSSR count). The number of nitrogens with one attached hydrogen (secondary N) is 1. The second kappa shape index (κ2) is 8.99. The number of halogens is 2. The van der Waals surface area contributed by atoms with Crippen LogP contribution in [0.4, 0.5) is 10.1 Å². The van der Waals surface area contributed by atoms with E-state index in [2.05, 4.69) is 10.3 Å². The number of piperidine rings is 1. The van der Waals surface area contributed by atoms with Crippen LogP contribution in [0.2, 0.25) is 5.02 Å². The Bertz CT molecular complexity index is 1120. The van der Waals surface area contributed by atoms with E-state index in [1.54, 1.807) is 43.6 Å². The fraction of sp³-hybridized carbons (Fsp3) is 0.261. The van der Waals surface area contributed by atoms with Crippen molar-refractivity contribution in [3.05, 3.63) is 71.1 Å². The van der Waals surface area contributed by atoms with Crippen LogP contribution in [0, 0.1) is 5.82 Å². The first-order chi connectivity index (χ1) is 15.0. The number of pyridine rings is 1. The van der Waals surface area contributed by atoms with Gasteiger partial charge in [-0.2, -0.15) is 0 Å². The molecule has 2 atom stereocenters. The van der Waals surface area contributed by atoms with Gasteiger partial charge in [0.15, 0.2) is 0 Å². The van der Waals surface area contributed by atoms with E-state index in [-0.39, 0.29) is 24.4 Å². The van der Waals surface area contributed by atoms with Crippen molar-refractivity contribution in [2.24, 2.45) is 0 Å². The standard InChI is InChI=1S/C23H21ClFN3O3/c1-31-21-13-28(23(30)22(29)27-16-5-2-14(24)3-6-16)11-9-18(21)17-8-10-26-20-7-4-15(25)12-19(17)20/h2-8,10,12,18,21H,9,11,13H2,1H3,(H,27,29)/t18-,21+/m0/s1. The van der Waals surface area contributed by atoms with Gasteiger partial charge < -0.3 is 15.0 Å². The van der Waals surface area contributed by atoms with Crippen molar-refractivity contribution in [2.75, 3.05) is 25.5 Å². The molecule has 1 aromatic heterocycles. The summed E-state index contributed by atoms with van der Waals surface area (Å²) in [6.45, 7) is 0.643. The zero-order valence-electron chi connectivity index (χ0n) is 16.8. The fourth-order valence-corrected chi connectivity index (χ4v) is 4.15. The summed E-state index contributed by atoms with van der Waals surface area (Å²) in [5.74, 6) is -1.73. The minimum atomic E-state index is -0.716. The SMILES string of the molecule is CO[C@@H]1CN(C(=O)C(=O)Nc2ccc(Cl)cc2)CC[C@H]1c1ccnc2ccc(F)cc12. The number of hydrogen-bond acceptors (Lipinski definition) is 4. The normalized spacial score (nSPS) is 18.7. The highest BCUT2D eigenvalue weighted by Gasteiger charge is 2.35. The van der Waals surface area contributed by atoms with Crippen LogP contribution in [0.1, 0.15) is 17.9 Å². The molecule has 1 N–H and O–H groups in total. The molecule has 1 saturated heterocycles. The van der Waals surface area contributed by atoms with Gasteiger partial charge in [-0.3, -0.25) is 14.6 Å². The average Bonchev–Trinajstić information content (AvgIpc) is 2.79. The van der Waals surface area contributed by atoms with Crippen LogP contribution in [0.25, 0.3) is 10.9 Å². The number of nitrogens with zero attached hydrogens (tertiary/aromatic N) is 2. The maximum absolute atomic E-state index is 13.9. The predicted molar refractivity (Wildman–Crippen MR) is 117 cm³/mol.